The van der Waals surface area contributed by atoms with E-state index in [-0.39, 0.29) is 12.1 Å². The zero-order valence-corrected chi connectivity index (χ0v) is 10.9. The molecule has 19 heavy (non-hydrogen) atoms. The SMILES string of the molecule is CC1(C)CC1CNCc1ccc(F)cc1C(F)(F)F. The van der Waals surface area contributed by atoms with Crippen LogP contribution in [-0.2, 0) is 12.7 Å². The summed E-state index contributed by atoms with van der Waals surface area (Å²) < 4.78 is 51.2. The van der Waals surface area contributed by atoms with Crippen LogP contribution in [0.4, 0.5) is 17.6 Å². The van der Waals surface area contributed by atoms with Gasteiger partial charge in [-0.15, -0.1) is 0 Å². The van der Waals surface area contributed by atoms with E-state index in [1.165, 1.54) is 6.07 Å². The van der Waals surface area contributed by atoms with Crippen LogP contribution in [-0.4, -0.2) is 6.54 Å². The van der Waals surface area contributed by atoms with Crippen molar-refractivity contribution in [2.24, 2.45) is 11.3 Å². The molecule has 0 bridgehead atoms. The fraction of sp³-hybridized carbons (Fsp3) is 0.571. The number of alkyl halides is 3. The molecule has 1 N–H and O–H groups in total. The van der Waals surface area contributed by atoms with Crippen molar-refractivity contribution >= 4 is 0 Å². The standard InChI is InChI=1S/C14H17F4N/c1-13(2)6-10(13)8-19-7-9-3-4-11(15)5-12(9)14(16,17)18/h3-5,10,19H,6-8H2,1-2H3. The second-order valence-corrected chi connectivity index (χ2v) is 5.82. The molecule has 2 rings (SSSR count). The molecule has 106 valence electrons. The fourth-order valence-corrected chi connectivity index (χ4v) is 2.27. The third kappa shape index (κ3) is 3.47. The molecule has 1 saturated carbocycles. The molecule has 0 radical (unpaired) electrons. The van der Waals surface area contributed by atoms with E-state index in [0.717, 1.165) is 12.5 Å². The first-order chi connectivity index (χ1) is 8.70. The van der Waals surface area contributed by atoms with Gasteiger partial charge in [0.1, 0.15) is 5.82 Å². The highest BCUT2D eigenvalue weighted by atomic mass is 19.4. The number of halogens is 4. The minimum atomic E-state index is -4.52. The van der Waals surface area contributed by atoms with Crippen molar-refractivity contribution in [3.8, 4) is 0 Å². The third-order valence-corrected chi connectivity index (χ3v) is 3.80. The van der Waals surface area contributed by atoms with E-state index in [1.807, 2.05) is 0 Å². The van der Waals surface area contributed by atoms with E-state index in [4.69, 9.17) is 0 Å². The van der Waals surface area contributed by atoms with Crippen molar-refractivity contribution in [1.29, 1.82) is 0 Å². The molecule has 0 aromatic heterocycles. The van der Waals surface area contributed by atoms with Crippen LogP contribution in [0.15, 0.2) is 18.2 Å². The largest absolute Gasteiger partial charge is 0.416 e. The van der Waals surface area contributed by atoms with Gasteiger partial charge in [0.25, 0.3) is 0 Å². The van der Waals surface area contributed by atoms with Gasteiger partial charge in [0.05, 0.1) is 5.56 Å². The first kappa shape index (κ1) is 14.3. The average Bonchev–Trinajstić information content (AvgIpc) is 2.87. The molecule has 5 heteroatoms. The lowest BCUT2D eigenvalue weighted by Crippen LogP contribution is -2.21. The molecule has 0 aliphatic heterocycles. The Morgan fingerprint density at radius 1 is 1.32 bits per heavy atom. The molecule has 1 unspecified atom stereocenters. The van der Waals surface area contributed by atoms with Gasteiger partial charge in [-0.25, -0.2) is 4.39 Å². The van der Waals surface area contributed by atoms with Gasteiger partial charge in [0.15, 0.2) is 0 Å². The summed E-state index contributed by atoms with van der Waals surface area (Å²) in [5.41, 5.74) is -0.509. The summed E-state index contributed by atoms with van der Waals surface area (Å²) in [6, 6.07) is 2.81. The van der Waals surface area contributed by atoms with Crippen LogP contribution < -0.4 is 5.32 Å². The molecule has 0 amide bonds. The van der Waals surface area contributed by atoms with Crippen molar-refractivity contribution < 1.29 is 17.6 Å². The van der Waals surface area contributed by atoms with Crippen LogP contribution in [0.5, 0.6) is 0 Å². The van der Waals surface area contributed by atoms with Crippen molar-refractivity contribution in [3.05, 3.63) is 35.1 Å². The number of hydrogen-bond donors (Lipinski definition) is 1. The highest BCUT2D eigenvalue weighted by Gasteiger charge is 2.44. The monoisotopic (exact) mass is 275 g/mol. The van der Waals surface area contributed by atoms with E-state index in [0.29, 0.717) is 23.9 Å². The number of benzene rings is 1. The lowest BCUT2D eigenvalue weighted by Gasteiger charge is -2.14. The molecule has 1 fully saturated rings. The van der Waals surface area contributed by atoms with E-state index in [1.54, 1.807) is 0 Å². The van der Waals surface area contributed by atoms with Crippen molar-refractivity contribution in [1.82, 2.24) is 5.32 Å². The molecule has 1 aromatic carbocycles. The Bertz CT molecular complexity index is 465. The Kier molecular flexibility index (Phi) is 3.60. The zero-order chi connectivity index (χ0) is 14.3. The Balaban J connectivity index is 2.00. The maximum atomic E-state index is 12.9. The summed E-state index contributed by atoms with van der Waals surface area (Å²) in [7, 11) is 0. The summed E-state index contributed by atoms with van der Waals surface area (Å²) >= 11 is 0. The van der Waals surface area contributed by atoms with Gasteiger partial charge in [-0.1, -0.05) is 19.9 Å². The molecule has 1 atom stereocenters. The Morgan fingerprint density at radius 3 is 2.47 bits per heavy atom. The third-order valence-electron chi connectivity index (χ3n) is 3.80. The fourth-order valence-electron chi connectivity index (χ4n) is 2.27. The normalized spacial score (nSPS) is 21.5. The van der Waals surface area contributed by atoms with Crippen molar-refractivity contribution in [3.63, 3.8) is 0 Å². The minimum Gasteiger partial charge on any atom is -0.312 e. The topological polar surface area (TPSA) is 12.0 Å². The summed E-state index contributed by atoms with van der Waals surface area (Å²) in [5, 5.41) is 3.03. The molecule has 0 spiro atoms. The van der Waals surface area contributed by atoms with Gasteiger partial charge in [-0.2, -0.15) is 13.2 Å². The molecular formula is C14H17F4N. The number of rotatable bonds is 4. The number of nitrogens with one attached hydrogen (secondary N) is 1. The van der Waals surface area contributed by atoms with E-state index in [9.17, 15) is 17.6 Å². The van der Waals surface area contributed by atoms with Gasteiger partial charge < -0.3 is 5.32 Å². The molecule has 0 heterocycles. The van der Waals surface area contributed by atoms with Crippen LogP contribution >= 0.6 is 0 Å². The number of hydrogen-bond acceptors (Lipinski definition) is 1. The predicted molar refractivity (Wildman–Crippen MR) is 65.0 cm³/mol. The maximum Gasteiger partial charge on any atom is 0.416 e. The summed E-state index contributed by atoms with van der Waals surface area (Å²) in [6.07, 6.45) is -3.42. The quantitative estimate of drug-likeness (QED) is 0.820. The van der Waals surface area contributed by atoms with Gasteiger partial charge in [-0.3, -0.25) is 0 Å². The lowest BCUT2D eigenvalue weighted by molar-refractivity contribution is -0.138. The molecule has 1 nitrogen and oxygen atoms in total. The van der Waals surface area contributed by atoms with Gasteiger partial charge in [-0.05, 0) is 42.0 Å². The van der Waals surface area contributed by atoms with E-state index < -0.39 is 17.6 Å². The molecular weight excluding hydrogens is 258 g/mol. The highest BCUT2D eigenvalue weighted by molar-refractivity contribution is 5.30. The van der Waals surface area contributed by atoms with Crippen LogP contribution in [0.3, 0.4) is 0 Å². The average molecular weight is 275 g/mol. The Morgan fingerprint density at radius 2 is 1.95 bits per heavy atom. The first-order valence-electron chi connectivity index (χ1n) is 6.26. The zero-order valence-electron chi connectivity index (χ0n) is 10.9. The second-order valence-electron chi connectivity index (χ2n) is 5.82. The minimum absolute atomic E-state index is 0.0901. The summed E-state index contributed by atoms with van der Waals surface area (Å²) in [6.45, 7) is 5.08. The molecule has 1 aliphatic carbocycles. The van der Waals surface area contributed by atoms with Crippen molar-refractivity contribution in [2.45, 2.75) is 33.0 Å². The van der Waals surface area contributed by atoms with E-state index in [2.05, 4.69) is 19.2 Å². The van der Waals surface area contributed by atoms with Gasteiger partial charge in [0, 0.05) is 6.54 Å². The van der Waals surface area contributed by atoms with Gasteiger partial charge >= 0.3 is 6.18 Å². The predicted octanol–water partition coefficient (Wildman–Crippen LogP) is 3.98. The maximum absolute atomic E-state index is 12.9. The molecule has 0 saturated heterocycles. The van der Waals surface area contributed by atoms with Crippen LogP contribution in [0.1, 0.15) is 31.4 Å². The molecule has 1 aliphatic rings. The van der Waals surface area contributed by atoms with Crippen LogP contribution in [0, 0.1) is 17.2 Å². The van der Waals surface area contributed by atoms with Crippen LogP contribution in [0.2, 0.25) is 0 Å². The second kappa shape index (κ2) is 4.78. The summed E-state index contributed by atoms with van der Waals surface area (Å²) in [4.78, 5) is 0. The van der Waals surface area contributed by atoms with E-state index >= 15 is 0 Å². The highest BCUT2D eigenvalue weighted by Crippen LogP contribution is 2.51. The van der Waals surface area contributed by atoms with Gasteiger partial charge in [0.2, 0.25) is 0 Å². The van der Waals surface area contributed by atoms with Crippen LogP contribution in [0.25, 0.3) is 0 Å². The first-order valence-corrected chi connectivity index (χ1v) is 6.26. The lowest BCUT2D eigenvalue weighted by atomic mass is 10.1. The summed E-state index contributed by atoms with van der Waals surface area (Å²) in [5.74, 6) is -0.346. The Hall–Kier alpha value is -1.10. The Labute approximate surface area is 110 Å². The van der Waals surface area contributed by atoms with Crippen molar-refractivity contribution in [2.75, 3.05) is 6.54 Å². The smallest absolute Gasteiger partial charge is 0.312 e. The molecule has 1 aromatic rings.